The molecule has 0 saturated carbocycles. The molecule has 22 heavy (non-hydrogen) atoms. The summed E-state index contributed by atoms with van der Waals surface area (Å²) in [4.78, 5) is 2.50. The minimum absolute atomic E-state index is 0.573. The zero-order valence-corrected chi connectivity index (χ0v) is 17.1. The third-order valence-electron chi connectivity index (χ3n) is 2.97. The Labute approximate surface area is 142 Å². The van der Waals surface area contributed by atoms with Crippen LogP contribution in [-0.4, -0.2) is 24.0 Å². The first kappa shape index (κ1) is 26.1. The average Bonchev–Trinajstić information content (AvgIpc) is 2.46. The predicted molar refractivity (Wildman–Crippen MR) is 107 cm³/mol. The molecular weight excluding hydrogens is 266 g/mol. The SMILES string of the molecule is C=C/C=C\C(=C/C)C(C)CN(CC)C(C)C.CC.CC(C)C. The van der Waals surface area contributed by atoms with Crippen molar-refractivity contribution in [2.45, 2.75) is 75.3 Å². The van der Waals surface area contributed by atoms with E-state index in [-0.39, 0.29) is 0 Å². The molecule has 0 spiro atoms. The van der Waals surface area contributed by atoms with E-state index in [1.165, 1.54) is 5.57 Å². The van der Waals surface area contributed by atoms with E-state index >= 15 is 0 Å². The van der Waals surface area contributed by atoms with E-state index in [4.69, 9.17) is 0 Å². The van der Waals surface area contributed by atoms with Gasteiger partial charge >= 0.3 is 0 Å². The van der Waals surface area contributed by atoms with Crippen molar-refractivity contribution in [2.24, 2.45) is 11.8 Å². The summed E-state index contributed by atoms with van der Waals surface area (Å²) in [7, 11) is 0. The molecule has 0 N–H and O–H groups in total. The molecule has 0 saturated heterocycles. The lowest BCUT2D eigenvalue weighted by atomic mass is 9.99. The van der Waals surface area contributed by atoms with Crippen molar-refractivity contribution in [2.75, 3.05) is 13.1 Å². The van der Waals surface area contributed by atoms with Crippen LogP contribution in [0, 0.1) is 11.8 Å². The van der Waals surface area contributed by atoms with Gasteiger partial charge in [0.05, 0.1) is 0 Å². The van der Waals surface area contributed by atoms with Gasteiger partial charge in [0.1, 0.15) is 0 Å². The fourth-order valence-corrected chi connectivity index (χ4v) is 1.89. The van der Waals surface area contributed by atoms with Crippen LogP contribution in [0.3, 0.4) is 0 Å². The van der Waals surface area contributed by atoms with Crippen molar-refractivity contribution in [3.63, 3.8) is 0 Å². The first-order valence-electron chi connectivity index (χ1n) is 8.99. The molecule has 1 unspecified atom stereocenters. The monoisotopic (exact) mass is 309 g/mol. The molecule has 0 bridgehead atoms. The maximum Gasteiger partial charge on any atom is 0.00501 e. The lowest BCUT2D eigenvalue weighted by Crippen LogP contribution is -2.34. The van der Waals surface area contributed by atoms with Crippen LogP contribution in [0.25, 0.3) is 0 Å². The van der Waals surface area contributed by atoms with E-state index < -0.39 is 0 Å². The standard InChI is InChI=1S/C15H27N.C4H10.C2H6/c1-7-10-11-15(8-2)14(6)12-16(9-3)13(4)5;1-4(2)3;1-2/h7-8,10-11,13-14H,1,9,12H2,2-6H3;4H,1-3H3;1-2H3/b11-10-,15-8+;;. The average molecular weight is 310 g/mol. The number of allylic oxidation sites excluding steroid dienone is 4. The summed E-state index contributed by atoms with van der Waals surface area (Å²) in [5.74, 6) is 1.41. The van der Waals surface area contributed by atoms with E-state index in [1.54, 1.807) is 0 Å². The number of rotatable bonds is 7. The van der Waals surface area contributed by atoms with Gasteiger partial charge in [-0.25, -0.2) is 0 Å². The smallest absolute Gasteiger partial charge is 0.00501 e. The van der Waals surface area contributed by atoms with Crippen molar-refractivity contribution >= 4 is 0 Å². The van der Waals surface area contributed by atoms with Gasteiger partial charge in [0.15, 0.2) is 0 Å². The van der Waals surface area contributed by atoms with E-state index in [0.29, 0.717) is 12.0 Å². The Morgan fingerprint density at radius 3 is 1.77 bits per heavy atom. The van der Waals surface area contributed by atoms with Crippen LogP contribution in [-0.2, 0) is 0 Å². The molecule has 0 radical (unpaired) electrons. The van der Waals surface area contributed by atoms with Gasteiger partial charge in [-0.3, -0.25) is 0 Å². The summed E-state index contributed by atoms with van der Waals surface area (Å²) < 4.78 is 0. The van der Waals surface area contributed by atoms with Crippen molar-refractivity contribution in [3.05, 3.63) is 36.5 Å². The van der Waals surface area contributed by atoms with Crippen LogP contribution in [0.15, 0.2) is 36.5 Å². The van der Waals surface area contributed by atoms with Crippen molar-refractivity contribution in [1.82, 2.24) is 4.90 Å². The van der Waals surface area contributed by atoms with Crippen LogP contribution in [0.5, 0.6) is 0 Å². The quantitative estimate of drug-likeness (QED) is 0.471. The molecule has 0 amide bonds. The Morgan fingerprint density at radius 2 is 1.50 bits per heavy atom. The summed E-state index contributed by atoms with van der Waals surface area (Å²) in [6.45, 7) is 27.6. The van der Waals surface area contributed by atoms with Gasteiger partial charge in [-0.1, -0.05) is 79.3 Å². The summed E-state index contributed by atoms with van der Waals surface area (Å²) in [5.41, 5.74) is 1.39. The number of hydrogen-bond donors (Lipinski definition) is 0. The van der Waals surface area contributed by atoms with Crippen molar-refractivity contribution < 1.29 is 0 Å². The van der Waals surface area contributed by atoms with Gasteiger partial charge in [0.2, 0.25) is 0 Å². The summed E-state index contributed by atoms with van der Waals surface area (Å²) in [6, 6.07) is 0.619. The van der Waals surface area contributed by atoms with Gasteiger partial charge in [-0.05, 0) is 44.7 Å². The zero-order valence-electron chi connectivity index (χ0n) is 17.1. The maximum absolute atomic E-state index is 3.71. The summed E-state index contributed by atoms with van der Waals surface area (Å²) >= 11 is 0. The highest BCUT2D eigenvalue weighted by molar-refractivity contribution is 5.23. The van der Waals surface area contributed by atoms with Gasteiger partial charge in [0, 0.05) is 12.6 Å². The normalized spacial score (nSPS) is 12.9. The third kappa shape index (κ3) is 17.2. The van der Waals surface area contributed by atoms with Crippen molar-refractivity contribution in [1.29, 1.82) is 0 Å². The molecule has 0 aliphatic heterocycles. The molecule has 0 aromatic carbocycles. The Kier molecular flexibility index (Phi) is 21.6. The molecule has 1 heteroatoms. The molecule has 1 nitrogen and oxygen atoms in total. The highest BCUT2D eigenvalue weighted by Crippen LogP contribution is 2.15. The molecule has 0 fully saturated rings. The second kappa shape index (κ2) is 18.2. The third-order valence-corrected chi connectivity index (χ3v) is 2.97. The maximum atomic E-state index is 3.71. The molecular formula is C21H43N. The fourth-order valence-electron chi connectivity index (χ4n) is 1.89. The fraction of sp³-hybridized carbons (Fsp3) is 0.714. The Hall–Kier alpha value is -0.820. The van der Waals surface area contributed by atoms with Crippen LogP contribution in [0.2, 0.25) is 0 Å². The highest BCUT2D eigenvalue weighted by Gasteiger charge is 2.13. The van der Waals surface area contributed by atoms with E-state index in [0.717, 1.165) is 19.0 Å². The molecule has 0 rings (SSSR count). The van der Waals surface area contributed by atoms with Gasteiger partial charge in [-0.15, -0.1) is 0 Å². The molecule has 0 heterocycles. The first-order valence-corrected chi connectivity index (χ1v) is 8.99. The van der Waals surface area contributed by atoms with Crippen LogP contribution in [0.4, 0.5) is 0 Å². The minimum atomic E-state index is 0.573. The Morgan fingerprint density at radius 1 is 1.05 bits per heavy atom. The van der Waals surface area contributed by atoms with E-state index in [1.807, 2.05) is 26.0 Å². The van der Waals surface area contributed by atoms with Crippen molar-refractivity contribution in [3.8, 4) is 0 Å². The molecule has 0 aliphatic rings. The minimum Gasteiger partial charge on any atom is -0.301 e. The summed E-state index contributed by atoms with van der Waals surface area (Å²) in [5, 5.41) is 0. The first-order chi connectivity index (χ1) is 10.3. The largest absolute Gasteiger partial charge is 0.301 e. The zero-order chi connectivity index (χ0) is 18.1. The topological polar surface area (TPSA) is 3.24 Å². The van der Waals surface area contributed by atoms with Crippen LogP contribution >= 0.6 is 0 Å². The van der Waals surface area contributed by atoms with Crippen LogP contribution < -0.4 is 0 Å². The lowest BCUT2D eigenvalue weighted by molar-refractivity contribution is 0.214. The molecule has 1 atom stereocenters. The Balaban J connectivity index is -0.000000516. The molecule has 132 valence electrons. The number of nitrogens with zero attached hydrogens (tertiary/aromatic N) is 1. The summed E-state index contributed by atoms with van der Waals surface area (Å²) in [6.07, 6.45) is 8.19. The van der Waals surface area contributed by atoms with E-state index in [9.17, 15) is 0 Å². The predicted octanol–water partition coefficient (Wildman–Crippen LogP) is 6.73. The second-order valence-electron chi connectivity index (χ2n) is 6.20. The number of hydrogen-bond acceptors (Lipinski definition) is 1. The van der Waals surface area contributed by atoms with Gasteiger partial charge < -0.3 is 4.90 Å². The van der Waals surface area contributed by atoms with Crippen LogP contribution in [0.1, 0.15) is 69.2 Å². The van der Waals surface area contributed by atoms with Gasteiger partial charge in [0.25, 0.3) is 0 Å². The second-order valence-corrected chi connectivity index (χ2v) is 6.20. The van der Waals surface area contributed by atoms with Gasteiger partial charge in [-0.2, -0.15) is 0 Å². The lowest BCUT2D eigenvalue weighted by Gasteiger charge is -2.28. The highest BCUT2D eigenvalue weighted by atomic mass is 15.1. The molecule has 0 aromatic heterocycles. The Bertz CT molecular complexity index is 282. The molecule has 0 aromatic rings. The van der Waals surface area contributed by atoms with E-state index in [2.05, 4.69) is 79.0 Å². The molecule has 0 aliphatic carbocycles.